The Morgan fingerprint density at radius 3 is 2.33 bits per heavy atom. The Morgan fingerprint density at radius 2 is 1.89 bits per heavy atom. The van der Waals surface area contributed by atoms with Crippen LogP contribution in [0.15, 0.2) is 36.1 Å². The molecule has 0 unspecified atom stereocenters. The summed E-state index contributed by atoms with van der Waals surface area (Å²) in [5.74, 6) is 0.329. The van der Waals surface area contributed by atoms with Gasteiger partial charge in [0.05, 0.1) is 5.76 Å². The minimum absolute atomic E-state index is 0.329. The SMILES string of the molecule is CC=C/C=C/C=C(/C)O. The molecule has 0 heterocycles. The molecule has 0 aliphatic rings. The van der Waals surface area contributed by atoms with Crippen molar-refractivity contribution >= 4 is 0 Å². The lowest BCUT2D eigenvalue weighted by molar-refractivity contribution is 0.414. The van der Waals surface area contributed by atoms with Crippen molar-refractivity contribution in [3.63, 3.8) is 0 Å². The molecule has 0 atom stereocenters. The Balaban J connectivity index is 3.60. The van der Waals surface area contributed by atoms with Gasteiger partial charge in [-0.3, -0.25) is 0 Å². The summed E-state index contributed by atoms with van der Waals surface area (Å²) in [4.78, 5) is 0. The van der Waals surface area contributed by atoms with E-state index in [2.05, 4.69) is 0 Å². The lowest BCUT2D eigenvalue weighted by Gasteiger charge is -1.79. The molecule has 0 bridgehead atoms. The number of allylic oxidation sites excluding steroid dienone is 6. The van der Waals surface area contributed by atoms with Gasteiger partial charge in [0.15, 0.2) is 0 Å². The van der Waals surface area contributed by atoms with Gasteiger partial charge in [0.25, 0.3) is 0 Å². The lowest BCUT2D eigenvalue weighted by Crippen LogP contribution is -1.63. The van der Waals surface area contributed by atoms with Crippen LogP contribution in [0.25, 0.3) is 0 Å². The van der Waals surface area contributed by atoms with Gasteiger partial charge in [-0.05, 0) is 19.9 Å². The first-order chi connectivity index (χ1) is 4.27. The molecule has 0 saturated heterocycles. The Morgan fingerprint density at radius 1 is 1.22 bits per heavy atom. The van der Waals surface area contributed by atoms with Crippen LogP contribution in [-0.2, 0) is 0 Å². The van der Waals surface area contributed by atoms with E-state index < -0.39 is 0 Å². The second-order valence-corrected chi connectivity index (χ2v) is 1.72. The molecular formula is C8H12O. The van der Waals surface area contributed by atoms with E-state index in [4.69, 9.17) is 5.11 Å². The van der Waals surface area contributed by atoms with Crippen LogP contribution >= 0.6 is 0 Å². The van der Waals surface area contributed by atoms with Crippen molar-refractivity contribution in [1.29, 1.82) is 0 Å². The number of hydrogen-bond donors (Lipinski definition) is 1. The van der Waals surface area contributed by atoms with Gasteiger partial charge in [-0.1, -0.05) is 24.3 Å². The fourth-order valence-electron chi connectivity index (χ4n) is 0.370. The molecule has 1 N–H and O–H groups in total. The minimum atomic E-state index is 0.329. The largest absolute Gasteiger partial charge is 0.513 e. The number of hydrogen-bond acceptors (Lipinski definition) is 1. The molecule has 0 aromatic heterocycles. The number of rotatable bonds is 2. The van der Waals surface area contributed by atoms with Crippen LogP contribution in [0, 0.1) is 0 Å². The van der Waals surface area contributed by atoms with Crippen molar-refractivity contribution in [1.82, 2.24) is 0 Å². The fourth-order valence-corrected chi connectivity index (χ4v) is 0.370. The van der Waals surface area contributed by atoms with E-state index >= 15 is 0 Å². The summed E-state index contributed by atoms with van der Waals surface area (Å²) < 4.78 is 0. The molecule has 50 valence electrons. The van der Waals surface area contributed by atoms with Crippen LogP contribution in [0.3, 0.4) is 0 Å². The van der Waals surface area contributed by atoms with E-state index in [9.17, 15) is 0 Å². The van der Waals surface area contributed by atoms with Crippen LogP contribution in [0.2, 0.25) is 0 Å². The smallest absolute Gasteiger partial charge is 0.0891 e. The highest BCUT2D eigenvalue weighted by Gasteiger charge is 1.69. The molecule has 1 heteroatoms. The molecule has 0 aliphatic heterocycles. The summed E-state index contributed by atoms with van der Waals surface area (Å²) in [5.41, 5.74) is 0. The zero-order valence-electron chi connectivity index (χ0n) is 5.83. The molecule has 0 amide bonds. The van der Waals surface area contributed by atoms with E-state index in [1.165, 1.54) is 0 Å². The van der Waals surface area contributed by atoms with Gasteiger partial charge in [-0.15, -0.1) is 0 Å². The highest BCUT2D eigenvalue weighted by atomic mass is 16.3. The average Bonchev–Trinajstić information content (AvgIpc) is 1.80. The second-order valence-electron chi connectivity index (χ2n) is 1.72. The van der Waals surface area contributed by atoms with Gasteiger partial charge in [0.2, 0.25) is 0 Å². The zero-order valence-corrected chi connectivity index (χ0v) is 5.83. The van der Waals surface area contributed by atoms with Crippen LogP contribution in [0.4, 0.5) is 0 Å². The van der Waals surface area contributed by atoms with E-state index in [0.29, 0.717) is 5.76 Å². The van der Waals surface area contributed by atoms with Gasteiger partial charge in [0.1, 0.15) is 0 Å². The fraction of sp³-hybridized carbons (Fsp3) is 0.250. The van der Waals surface area contributed by atoms with E-state index in [-0.39, 0.29) is 0 Å². The van der Waals surface area contributed by atoms with Crippen molar-refractivity contribution in [2.24, 2.45) is 0 Å². The molecule has 0 rings (SSSR count). The van der Waals surface area contributed by atoms with Crippen molar-refractivity contribution < 1.29 is 5.11 Å². The molecule has 0 saturated carbocycles. The van der Waals surface area contributed by atoms with Gasteiger partial charge in [-0.25, -0.2) is 0 Å². The molecule has 9 heavy (non-hydrogen) atoms. The lowest BCUT2D eigenvalue weighted by atomic mass is 10.4. The summed E-state index contributed by atoms with van der Waals surface area (Å²) in [7, 11) is 0. The van der Waals surface area contributed by atoms with Crippen LogP contribution in [0.5, 0.6) is 0 Å². The predicted molar refractivity (Wildman–Crippen MR) is 40.3 cm³/mol. The van der Waals surface area contributed by atoms with Crippen molar-refractivity contribution in [3.8, 4) is 0 Å². The molecule has 1 nitrogen and oxygen atoms in total. The number of aliphatic hydroxyl groups is 1. The van der Waals surface area contributed by atoms with Crippen molar-refractivity contribution in [2.45, 2.75) is 13.8 Å². The summed E-state index contributed by atoms with van der Waals surface area (Å²) in [5, 5.41) is 8.64. The highest BCUT2D eigenvalue weighted by molar-refractivity contribution is 5.11. The zero-order chi connectivity index (χ0) is 7.11. The van der Waals surface area contributed by atoms with Gasteiger partial charge in [0, 0.05) is 0 Å². The van der Waals surface area contributed by atoms with Crippen molar-refractivity contribution in [3.05, 3.63) is 36.1 Å². The summed E-state index contributed by atoms with van der Waals surface area (Å²) >= 11 is 0. The third-order valence-electron chi connectivity index (χ3n) is 0.752. The second kappa shape index (κ2) is 5.16. The average molecular weight is 124 g/mol. The first-order valence-corrected chi connectivity index (χ1v) is 2.92. The maximum Gasteiger partial charge on any atom is 0.0891 e. The highest BCUT2D eigenvalue weighted by Crippen LogP contribution is 1.85. The molecule has 0 aromatic rings. The normalized spacial score (nSPS) is 13.8. The van der Waals surface area contributed by atoms with Crippen LogP contribution in [-0.4, -0.2) is 5.11 Å². The maximum absolute atomic E-state index is 8.64. The first kappa shape index (κ1) is 8.02. The Bertz CT molecular complexity index is 137. The van der Waals surface area contributed by atoms with Crippen LogP contribution in [0.1, 0.15) is 13.8 Å². The molecule has 0 fully saturated rings. The summed E-state index contributed by atoms with van der Waals surface area (Å²) in [6.45, 7) is 3.58. The van der Waals surface area contributed by atoms with Gasteiger partial charge < -0.3 is 5.11 Å². The molecule has 0 spiro atoms. The molecule has 0 radical (unpaired) electrons. The standard InChI is InChI=1S/C8H12O/c1-3-4-5-6-7-8(2)9/h3-7,9H,1-2H3/b4-3?,6-5+,8-7-. The van der Waals surface area contributed by atoms with E-state index in [0.717, 1.165) is 0 Å². The molecular weight excluding hydrogens is 112 g/mol. The Labute approximate surface area is 56.0 Å². The summed E-state index contributed by atoms with van der Waals surface area (Å²) in [6, 6.07) is 0. The van der Waals surface area contributed by atoms with E-state index in [1.807, 2.05) is 25.2 Å². The molecule has 0 aliphatic carbocycles. The maximum atomic E-state index is 8.64. The van der Waals surface area contributed by atoms with Gasteiger partial charge in [-0.2, -0.15) is 0 Å². The predicted octanol–water partition coefficient (Wildman–Crippen LogP) is 2.58. The minimum Gasteiger partial charge on any atom is -0.513 e. The Kier molecular flexibility index (Phi) is 4.60. The Hall–Kier alpha value is -0.980. The van der Waals surface area contributed by atoms with E-state index in [1.54, 1.807) is 19.1 Å². The first-order valence-electron chi connectivity index (χ1n) is 2.92. The topological polar surface area (TPSA) is 20.2 Å². The van der Waals surface area contributed by atoms with Crippen molar-refractivity contribution in [2.75, 3.05) is 0 Å². The van der Waals surface area contributed by atoms with Crippen LogP contribution < -0.4 is 0 Å². The quantitative estimate of drug-likeness (QED) is 0.443. The molecule has 0 aromatic carbocycles. The summed E-state index contributed by atoms with van der Waals surface area (Å²) in [6.07, 6.45) is 9.12. The third-order valence-corrected chi connectivity index (χ3v) is 0.752. The third kappa shape index (κ3) is 7.02. The number of aliphatic hydroxyl groups excluding tert-OH is 1. The monoisotopic (exact) mass is 124 g/mol. The van der Waals surface area contributed by atoms with Gasteiger partial charge >= 0.3 is 0 Å².